The summed E-state index contributed by atoms with van der Waals surface area (Å²) in [5.41, 5.74) is 2.42. The van der Waals surface area contributed by atoms with Crippen LogP contribution in [0.4, 0.5) is 0 Å². The lowest BCUT2D eigenvalue weighted by atomic mass is 10.0. The molecule has 0 bridgehead atoms. The lowest BCUT2D eigenvalue weighted by molar-refractivity contribution is -0.137. The average Bonchev–Trinajstić information content (AvgIpc) is 3.28. The third kappa shape index (κ3) is 4.55. The minimum Gasteiger partial charge on any atom is -0.497 e. The highest BCUT2D eigenvalue weighted by Crippen LogP contribution is 2.32. The van der Waals surface area contributed by atoms with E-state index in [4.69, 9.17) is 14.0 Å². The first-order valence-corrected chi connectivity index (χ1v) is 9.62. The zero-order chi connectivity index (χ0) is 22.7. The number of amides is 1. The van der Waals surface area contributed by atoms with Crippen LogP contribution in [0.1, 0.15) is 45.5 Å². The summed E-state index contributed by atoms with van der Waals surface area (Å²) >= 11 is 0. The van der Waals surface area contributed by atoms with Crippen LogP contribution in [0.2, 0.25) is 0 Å². The predicted octanol–water partition coefficient (Wildman–Crippen LogP) is 3.35. The average molecular weight is 427 g/mol. The van der Waals surface area contributed by atoms with Gasteiger partial charge in [-0.3, -0.25) is 14.2 Å². The fourth-order valence-electron chi connectivity index (χ4n) is 3.56. The monoisotopic (exact) mass is 427 g/mol. The third-order valence-corrected chi connectivity index (χ3v) is 5.02. The number of carboxylic acid groups (broad SMARTS) is 1. The highest BCUT2D eigenvalue weighted by molar-refractivity contribution is 5.96. The molecule has 0 saturated carbocycles. The molecule has 0 fully saturated rings. The van der Waals surface area contributed by atoms with E-state index in [-0.39, 0.29) is 6.42 Å². The van der Waals surface area contributed by atoms with Crippen LogP contribution in [-0.2, 0) is 4.79 Å². The fraction of sp³-hybridized carbons (Fsp3) is 0.318. The minimum atomic E-state index is -1.05. The van der Waals surface area contributed by atoms with E-state index in [2.05, 4.69) is 10.5 Å². The molecule has 2 aromatic heterocycles. The number of nitrogens with zero attached hydrogens (tertiary/aromatic N) is 2. The molecular formula is C22H25N3O6. The number of hydrogen-bond donors (Lipinski definition) is 2. The van der Waals surface area contributed by atoms with E-state index < -0.39 is 17.9 Å². The van der Waals surface area contributed by atoms with Gasteiger partial charge in [0.25, 0.3) is 5.91 Å². The Morgan fingerprint density at radius 2 is 1.90 bits per heavy atom. The van der Waals surface area contributed by atoms with Crippen molar-refractivity contribution in [2.75, 3.05) is 14.2 Å². The summed E-state index contributed by atoms with van der Waals surface area (Å²) in [6.07, 6.45) is -0.310. The van der Waals surface area contributed by atoms with E-state index in [0.29, 0.717) is 39.9 Å². The van der Waals surface area contributed by atoms with Crippen LogP contribution in [0.15, 0.2) is 34.9 Å². The fourth-order valence-corrected chi connectivity index (χ4v) is 3.56. The van der Waals surface area contributed by atoms with Gasteiger partial charge in [0, 0.05) is 29.1 Å². The Kier molecular flexibility index (Phi) is 6.33. The second-order valence-corrected chi connectivity index (χ2v) is 7.15. The van der Waals surface area contributed by atoms with E-state index >= 15 is 0 Å². The number of hydrogen-bond acceptors (Lipinski definition) is 6. The van der Waals surface area contributed by atoms with Crippen LogP contribution in [0.3, 0.4) is 0 Å². The van der Waals surface area contributed by atoms with Gasteiger partial charge in [0.2, 0.25) is 0 Å². The Bertz CT molecular complexity index is 1110. The number of nitrogens with one attached hydrogen (secondary N) is 1. The molecule has 9 heteroatoms. The second kappa shape index (κ2) is 8.95. The van der Waals surface area contributed by atoms with Gasteiger partial charge in [-0.15, -0.1) is 0 Å². The number of aliphatic carboxylic acids is 1. The molecule has 0 radical (unpaired) electrons. The number of carbonyl (C=O) groups is 2. The normalized spacial score (nSPS) is 11.8. The van der Waals surface area contributed by atoms with E-state index in [1.165, 1.54) is 14.2 Å². The first-order chi connectivity index (χ1) is 14.7. The standard InChI is InChI=1S/C22H25N3O6/c1-12-8-17(14(3)25(12)20-9-13(2)31-24-20)22(28)23-18(11-21(26)27)16-7-6-15(29-4)10-19(16)30-5/h6-10,18H,11H2,1-5H3,(H,23,28)(H,26,27)/t18-/m0/s1. The zero-order valence-corrected chi connectivity index (χ0v) is 18.1. The van der Waals surface area contributed by atoms with Gasteiger partial charge < -0.3 is 24.4 Å². The highest BCUT2D eigenvalue weighted by atomic mass is 16.5. The van der Waals surface area contributed by atoms with Crippen LogP contribution in [0, 0.1) is 20.8 Å². The SMILES string of the molecule is COc1ccc([C@H](CC(=O)O)NC(=O)c2cc(C)n(-c3cc(C)on3)c2C)c(OC)c1. The highest BCUT2D eigenvalue weighted by Gasteiger charge is 2.25. The van der Waals surface area contributed by atoms with Crippen molar-refractivity contribution in [1.29, 1.82) is 0 Å². The lowest BCUT2D eigenvalue weighted by Crippen LogP contribution is -2.30. The van der Waals surface area contributed by atoms with Gasteiger partial charge >= 0.3 is 5.97 Å². The number of aromatic nitrogens is 2. The van der Waals surface area contributed by atoms with Gasteiger partial charge in [-0.05, 0) is 39.0 Å². The third-order valence-electron chi connectivity index (χ3n) is 5.02. The van der Waals surface area contributed by atoms with Gasteiger partial charge in [0.05, 0.1) is 32.2 Å². The summed E-state index contributed by atoms with van der Waals surface area (Å²) < 4.78 is 17.6. The quantitative estimate of drug-likeness (QED) is 0.566. The lowest BCUT2D eigenvalue weighted by Gasteiger charge is -2.20. The molecule has 0 aliphatic heterocycles. The van der Waals surface area contributed by atoms with Crippen LogP contribution in [-0.4, -0.2) is 40.9 Å². The molecule has 31 heavy (non-hydrogen) atoms. The van der Waals surface area contributed by atoms with Crippen molar-refractivity contribution in [3.05, 3.63) is 58.6 Å². The maximum atomic E-state index is 13.1. The molecule has 9 nitrogen and oxygen atoms in total. The molecule has 1 aromatic carbocycles. The minimum absolute atomic E-state index is 0.310. The van der Waals surface area contributed by atoms with Crippen molar-refractivity contribution in [2.24, 2.45) is 0 Å². The summed E-state index contributed by atoms with van der Waals surface area (Å²) in [6.45, 7) is 5.44. The molecule has 0 aliphatic rings. The molecule has 0 saturated heterocycles. The molecule has 0 aliphatic carbocycles. The van der Waals surface area contributed by atoms with Crippen molar-refractivity contribution < 1.29 is 28.7 Å². The first kappa shape index (κ1) is 21.9. The molecular weight excluding hydrogens is 402 g/mol. The number of benzene rings is 1. The van der Waals surface area contributed by atoms with E-state index in [9.17, 15) is 14.7 Å². The summed E-state index contributed by atoms with van der Waals surface area (Å²) in [7, 11) is 3.00. The molecule has 1 atom stereocenters. The Labute approximate surface area is 179 Å². The first-order valence-electron chi connectivity index (χ1n) is 9.62. The number of methoxy groups -OCH3 is 2. The van der Waals surface area contributed by atoms with Crippen LogP contribution in [0.25, 0.3) is 5.82 Å². The Balaban J connectivity index is 1.95. The Hall–Kier alpha value is -3.75. The van der Waals surface area contributed by atoms with Crippen molar-refractivity contribution in [3.63, 3.8) is 0 Å². The molecule has 3 rings (SSSR count). The Morgan fingerprint density at radius 1 is 1.16 bits per heavy atom. The van der Waals surface area contributed by atoms with Gasteiger partial charge in [-0.25, -0.2) is 0 Å². The van der Waals surface area contributed by atoms with Crippen molar-refractivity contribution in [2.45, 2.75) is 33.2 Å². The largest absolute Gasteiger partial charge is 0.497 e. The number of carboxylic acids is 1. The smallest absolute Gasteiger partial charge is 0.305 e. The number of rotatable bonds is 8. The van der Waals surface area contributed by atoms with Gasteiger partial charge in [0.1, 0.15) is 17.3 Å². The zero-order valence-electron chi connectivity index (χ0n) is 18.1. The summed E-state index contributed by atoms with van der Waals surface area (Å²) in [6, 6.07) is 7.73. The van der Waals surface area contributed by atoms with E-state index in [1.807, 2.05) is 11.5 Å². The van der Waals surface area contributed by atoms with Crippen molar-refractivity contribution >= 4 is 11.9 Å². The van der Waals surface area contributed by atoms with E-state index in [0.717, 1.165) is 5.69 Å². The van der Waals surface area contributed by atoms with Crippen molar-refractivity contribution in [1.82, 2.24) is 15.0 Å². The Morgan fingerprint density at radius 3 is 2.48 bits per heavy atom. The van der Waals surface area contributed by atoms with Crippen LogP contribution in [0.5, 0.6) is 11.5 Å². The summed E-state index contributed by atoms with van der Waals surface area (Å²) in [5, 5.41) is 16.3. The maximum Gasteiger partial charge on any atom is 0.305 e. The number of carbonyl (C=O) groups excluding carboxylic acids is 1. The van der Waals surface area contributed by atoms with Gasteiger partial charge in [-0.1, -0.05) is 5.16 Å². The molecule has 0 unspecified atom stereocenters. The number of ether oxygens (including phenoxy) is 2. The molecule has 2 N–H and O–H groups in total. The van der Waals surface area contributed by atoms with Gasteiger partial charge in [0.15, 0.2) is 5.82 Å². The molecule has 1 amide bonds. The summed E-state index contributed by atoms with van der Waals surface area (Å²) in [5.74, 6) is 0.768. The summed E-state index contributed by atoms with van der Waals surface area (Å²) in [4.78, 5) is 24.6. The maximum absolute atomic E-state index is 13.1. The number of aryl methyl sites for hydroxylation is 2. The molecule has 3 aromatic rings. The van der Waals surface area contributed by atoms with Gasteiger partial charge in [-0.2, -0.15) is 0 Å². The van der Waals surface area contributed by atoms with E-state index in [1.54, 1.807) is 44.2 Å². The van der Waals surface area contributed by atoms with Crippen LogP contribution >= 0.6 is 0 Å². The molecule has 164 valence electrons. The predicted molar refractivity (Wildman–Crippen MR) is 112 cm³/mol. The van der Waals surface area contributed by atoms with Crippen LogP contribution < -0.4 is 14.8 Å². The molecule has 2 heterocycles. The van der Waals surface area contributed by atoms with Crippen molar-refractivity contribution in [3.8, 4) is 17.3 Å². The second-order valence-electron chi connectivity index (χ2n) is 7.15. The molecule has 0 spiro atoms. The topological polar surface area (TPSA) is 116 Å².